The lowest BCUT2D eigenvalue weighted by Gasteiger charge is -2.06. The van der Waals surface area contributed by atoms with Gasteiger partial charge in [0, 0.05) is 104 Å². The lowest BCUT2D eigenvalue weighted by Crippen LogP contribution is -2.05. The van der Waals surface area contributed by atoms with E-state index in [-0.39, 0.29) is 5.02 Å². The third-order valence-electron chi connectivity index (χ3n) is 10.1. The number of rotatable bonds is 0. The highest BCUT2D eigenvalue weighted by molar-refractivity contribution is 6.41. The van der Waals surface area contributed by atoms with Crippen LogP contribution in [0.2, 0.25) is 15.2 Å². The lowest BCUT2D eigenvalue weighted by atomic mass is 10.2. The van der Waals surface area contributed by atoms with Crippen molar-refractivity contribution < 1.29 is 13.2 Å². The monoisotopic (exact) mass is 1240 g/mol. The van der Waals surface area contributed by atoms with Gasteiger partial charge >= 0.3 is 6.18 Å². The van der Waals surface area contributed by atoms with Gasteiger partial charge in [-0.05, 0) is 206 Å². The Kier molecular flexibility index (Phi) is 37.5. The van der Waals surface area contributed by atoms with E-state index in [1.54, 1.807) is 61.4 Å². The van der Waals surface area contributed by atoms with Crippen molar-refractivity contribution in [3.63, 3.8) is 0 Å². The Morgan fingerprint density at radius 1 is 0.430 bits per heavy atom. The summed E-state index contributed by atoms with van der Waals surface area (Å²) >= 11 is 16.6. The molecule has 456 valence electrons. The van der Waals surface area contributed by atoms with Gasteiger partial charge in [0.1, 0.15) is 30.0 Å². The van der Waals surface area contributed by atoms with E-state index in [9.17, 15) is 13.2 Å². The van der Waals surface area contributed by atoms with Crippen LogP contribution in [0, 0.1) is 90.0 Å². The number of hydrogen-bond acceptors (Lipinski definition) is 16. The van der Waals surface area contributed by atoms with Crippen LogP contribution >= 0.6 is 34.8 Å². The third kappa shape index (κ3) is 38.1. The Morgan fingerprint density at radius 3 is 1.35 bits per heavy atom. The van der Waals surface area contributed by atoms with E-state index in [1.165, 1.54) is 33.3 Å². The predicted molar refractivity (Wildman–Crippen MR) is 334 cm³/mol. The largest absolute Gasteiger partial charge is 0.417 e. The van der Waals surface area contributed by atoms with Crippen molar-refractivity contribution >= 4 is 34.8 Å². The summed E-state index contributed by atoms with van der Waals surface area (Å²) in [5, 5.41) is 28.7. The summed E-state index contributed by atoms with van der Waals surface area (Å²) in [7, 11) is 5.44. The first-order valence-electron chi connectivity index (χ1n) is 26.1. The van der Waals surface area contributed by atoms with Crippen LogP contribution in [0.1, 0.15) is 79.2 Å². The summed E-state index contributed by atoms with van der Waals surface area (Å²) in [4.78, 5) is 31.6. The summed E-state index contributed by atoms with van der Waals surface area (Å²) in [5.41, 5.74) is 11.9. The Labute approximate surface area is 517 Å². The summed E-state index contributed by atoms with van der Waals surface area (Å²) in [6, 6.07) is 32.3. The molecule has 0 spiro atoms. The molecule has 11 heterocycles. The van der Waals surface area contributed by atoms with Gasteiger partial charge in [0.25, 0.3) is 0 Å². The maximum absolute atomic E-state index is 12.0. The number of alkyl halides is 3. The number of pyridine rings is 8. The average molecular weight is 1240 g/mol. The lowest BCUT2D eigenvalue weighted by molar-refractivity contribution is -0.137. The van der Waals surface area contributed by atoms with Crippen molar-refractivity contribution in [3.8, 4) is 0 Å². The Hall–Kier alpha value is -8.86. The molecule has 0 radical (unpaired) electrons. The molecule has 0 fully saturated rings. The number of hydrogen-bond donors (Lipinski definition) is 0. The first-order chi connectivity index (χ1) is 40.7. The minimum atomic E-state index is -4.37. The van der Waals surface area contributed by atoms with E-state index < -0.39 is 11.7 Å². The highest BCUT2D eigenvalue weighted by Gasteiger charge is 2.31. The smallest absolute Gasteiger partial charge is 0.323 e. The highest BCUT2D eigenvalue weighted by atomic mass is 35.5. The van der Waals surface area contributed by atoms with Crippen molar-refractivity contribution in [1.82, 2.24) is 95.1 Å². The van der Waals surface area contributed by atoms with E-state index in [1.807, 2.05) is 174 Å². The molecule has 11 aromatic heterocycles. The number of aryl methyl sites for hydroxylation is 16. The maximum atomic E-state index is 12.0. The molecule has 0 aromatic carbocycles. The molecule has 0 saturated carbocycles. The number of aromatic nitrogens is 19. The molecule has 0 amide bonds. The molecular formula is C61H75Cl3F3N19. The predicted octanol–water partition coefficient (Wildman–Crippen LogP) is 13.9. The zero-order valence-electron chi connectivity index (χ0n) is 51.4. The Bertz CT molecular complexity index is 3280. The fourth-order valence-electron chi connectivity index (χ4n) is 5.27. The zero-order chi connectivity index (χ0) is 64.5. The molecule has 0 saturated heterocycles. The normalized spacial score (nSPS) is 9.51. The van der Waals surface area contributed by atoms with Crippen LogP contribution in [0.3, 0.4) is 0 Å². The second kappa shape index (κ2) is 42.9. The molecule has 11 rings (SSSR count). The van der Waals surface area contributed by atoms with Gasteiger partial charge in [0.15, 0.2) is 0 Å². The van der Waals surface area contributed by atoms with Crippen LogP contribution in [0.25, 0.3) is 0 Å². The Balaban J connectivity index is 0.000000475. The van der Waals surface area contributed by atoms with Crippen molar-refractivity contribution in [1.29, 1.82) is 0 Å². The molecular weight excluding hydrogens is 1160 g/mol. The van der Waals surface area contributed by atoms with Crippen LogP contribution in [0.5, 0.6) is 0 Å². The Morgan fingerprint density at radius 2 is 1.03 bits per heavy atom. The molecule has 0 aliphatic carbocycles. The van der Waals surface area contributed by atoms with Gasteiger partial charge < -0.3 is 4.57 Å². The first-order valence-corrected chi connectivity index (χ1v) is 27.2. The molecule has 11 aromatic rings. The average Bonchev–Trinajstić information content (AvgIpc) is 4.42. The van der Waals surface area contributed by atoms with Crippen LogP contribution in [0.15, 0.2) is 165 Å². The zero-order valence-corrected chi connectivity index (χ0v) is 53.6. The molecule has 25 heteroatoms. The fourth-order valence-corrected chi connectivity index (χ4v) is 5.74. The quantitative estimate of drug-likeness (QED) is 0.129. The summed E-state index contributed by atoms with van der Waals surface area (Å²) in [6.07, 6.45) is 12.1. The van der Waals surface area contributed by atoms with Crippen molar-refractivity contribution in [2.75, 3.05) is 0 Å². The van der Waals surface area contributed by atoms with Gasteiger partial charge in [-0.3, -0.25) is 34.9 Å². The molecule has 0 atom stereocenters. The molecule has 0 aliphatic heterocycles. The molecule has 86 heavy (non-hydrogen) atoms. The van der Waals surface area contributed by atoms with E-state index in [0.717, 1.165) is 57.9 Å². The highest BCUT2D eigenvalue weighted by Crippen LogP contribution is 2.30. The third-order valence-corrected chi connectivity index (χ3v) is 11.2. The van der Waals surface area contributed by atoms with Crippen LogP contribution in [-0.4, -0.2) is 95.1 Å². The van der Waals surface area contributed by atoms with Gasteiger partial charge in [-0.15, -0.1) is 20.4 Å². The van der Waals surface area contributed by atoms with Crippen LogP contribution < -0.4 is 0 Å². The summed E-state index contributed by atoms with van der Waals surface area (Å²) < 4.78 is 40.9. The minimum absolute atomic E-state index is 0.0322. The number of tetrazole rings is 2. The molecule has 0 unspecified atom stereocenters. The first kappa shape index (κ1) is 75.2. The number of nitrogens with zero attached hydrogens (tertiary/aromatic N) is 19. The molecule has 0 bridgehead atoms. The standard InChI is InChI=1S/C7H5ClF3N.4C7H9N.C6H5Cl2N.2C6H7N.C3H6N4.C3H5N3.C2H4N4/c1-4-6(8)2-5(3-12-4)7(9,10)11;1-6-3-4-8-7(2)5-6;1-6-3-4-7(2)8-5-6;1-6-4-3-5-8-7(6)2;1-6-4-3-5-7(2)8-6;1-4-2-3-5(7)6(8)9-4;1-6-3-2-4-7-5-6;1-6-4-2-3-5-7-6;1-3-4-5-6-7(3)2;1-6-2-4-5-3-6;1-6-2-3-4-5-6/h2-3H,1H3;4*3-5H,1-2H3;2-3H,1H3;2*2-5H,1H3;1-2H3;2-3H,1H3;2H,1H3. The van der Waals surface area contributed by atoms with E-state index in [0.29, 0.717) is 15.9 Å². The summed E-state index contributed by atoms with van der Waals surface area (Å²) in [5.74, 6) is 0.833. The molecule has 0 N–H and O–H groups in total. The van der Waals surface area contributed by atoms with Crippen molar-refractivity contribution in [2.24, 2.45) is 21.1 Å². The molecule has 0 aliphatic rings. The van der Waals surface area contributed by atoms with Crippen molar-refractivity contribution in [2.45, 2.75) is 96.2 Å². The van der Waals surface area contributed by atoms with Crippen molar-refractivity contribution in [3.05, 3.63) is 260 Å². The van der Waals surface area contributed by atoms with E-state index in [4.69, 9.17) is 34.8 Å². The second-order valence-corrected chi connectivity index (χ2v) is 19.4. The van der Waals surface area contributed by atoms with Gasteiger partial charge in [0.2, 0.25) is 0 Å². The maximum Gasteiger partial charge on any atom is 0.417 e. The number of halogens is 6. The van der Waals surface area contributed by atoms with E-state index >= 15 is 0 Å². The van der Waals surface area contributed by atoms with Gasteiger partial charge in [-0.25, -0.2) is 14.3 Å². The fraction of sp³-hybridized carbons (Fsp3) is 0.279. The summed E-state index contributed by atoms with van der Waals surface area (Å²) in [6.45, 7) is 25.4. The minimum Gasteiger partial charge on any atom is -0.323 e. The molecule has 19 nitrogen and oxygen atoms in total. The van der Waals surface area contributed by atoms with Gasteiger partial charge in [-0.1, -0.05) is 65.1 Å². The van der Waals surface area contributed by atoms with Crippen LogP contribution in [0.4, 0.5) is 13.2 Å². The van der Waals surface area contributed by atoms with Gasteiger partial charge in [-0.2, -0.15) is 13.2 Å². The second-order valence-electron chi connectivity index (χ2n) is 18.3. The topological polar surface area (TPSA) is 221 Å². The van der Waals surface area contributed by atoms with E-state index in [2.05, 4.69) is 113 Å². The van der Waals surface area contributed by atoms with Gasteiger partial charge in [0.05, 0.1) is 21.3 Å². The SMILES string of the molecule is Cc1ccc(C)nc1.Cc1ccc(Cl)c(Cl)n1.Cc1cccc(C)n1.Cc1ccccn1.Cc1cccnc1.Cc1cccnc1C.Cc1ccnc(C)c1.Cc1ncc(C(F)(F)F)cc1Cl.Cc1nnnn1C.Cn1cnnc1.Cn1cnnn1. The van der Waals surface area contributed by atoms with Crippen LogP contribution in [-0.2, 0) is 27.3 Å².